The van der Waals surface area contributed by atoms with E-state index < -0.39 is 0 Å². The summed E-state index contributed by atoms with van der Waals surface area (Å²) >= 11 is 0. The van der Waals surface area contributed by atoms with Crippen molar-refractivity contribution >= 4 is 6.21 Å². The number of rotatable bonds is 1. The van der Waals surface area contributed by atoms with Crippen molar-refractivity contribution in [3.05, 3.63) is 11.8 Å². The zero-order valence-electron chi connectivity index (χ0n) is 4.78. The highest BCUT2D eigenvalue weighted by atomic mass is 14.9. The molecule has 8 heavy (non-hydrogen) atoms. The number of hydrogen-bond acceptors (Lipinski definition) is 2. The van der Waals surface area contributed by atoms with Crippen LogP contribution >= 0.6 is 0 Å². The average molecular weight is 110 g/mol. The summed E-state index contributed by atoms with van der Waals surface area (Å²) < 4.78 is 0. The van der Waals surface area contributed by atoms with Crippen LogP contribution in [0.3, 0.4) is 0 Å². The van der Waals surface area contributed by atoms with Gasteiger partial charge in [0.25, 0.3) is 0 Å². The van der Waals surface area contributed by atoms with Gasteiger partial charge in [0.1, 0.15) is 0 Å². The van der Waals surface area contributed by atoms with Gasteiger partial charge in [-0.3, -0.25) is 0 Å². The smallest absolute Gasteiger partial charge is 0.0194 e. The molecule has 44 valence electrons. The Balaban J connectivity index is 2.44. The predicted octanol–water partition coefficient (Wildman–Crippen LogP) is 0.903. The fourth-order valence-electron chi connectivity index (χ4n) is 0.859. The maximum Gasteiger partial charge on any atom is 0.0194 e. The minimum absolute atomic E-state index is 1.08. The first-order chi connectivity index (χ1) is 3.93. The van der Waals surface area contributed by atoms with Crippen molar-refractivity contribution in [3.63, 3.8) is 0 Å². The van der Waals surface area contributed by atoms with E-state index in [1.54, 1.807) is 0 Å². The molecule has 1 aliphatic heterocycles. The summed E-state index contributed by atoms with van der Waals surface area (Å²) in [4.78, 5) is 0. The normalized spacial score (nSPS) is 23.2. The van der Waals surface area contributed by atoms with E-state index in [2.05, 4.69) is 5.32 Å². The monoisotopic (exact) mass is 110 g/mol. The van der Waals surface area contributed by atoms with E-state index in [1.165, 1.54) is 18.3 Å². The molecule has 0 radical (unpaired) electrons. The lowest BCUT2D eigenvalue weighted by molar-refractivity contribution is 0.904. The van der Waals surface area contributed by atoms with E-state index >= 15 is 0 Å². The lowest BCUT2D eigenvalue weighted by Crippen LogP contribution is -2.02. The fourth-order valence-corrected chi connectivity index (χ4v) is 0.859. The van der Waals surface area contributed by atoms with E-state index in [-0.39, 0.29) is 0 Å². The molecule has 0 aromatic rings. The van der Waals surface area contributed by atoms with Crippen LogP contribution in [0.4, 0.5) is 0 Å². The van der Waals surface area contributed by atoms with Gasteiger partial charge in [-0.25, -0.2) is 0 Å². The molecule has 0 unspecified atom stereocenters. The summed E-state index contributed by atoms with van der Waals surface area (Å²) in [6, 6.07) is 0. The van der Waals surface area contributed by atoms with Crippen LogP contribution in [0, 0.1) is 5.41 Å². The van der Waals surface area contributed by atoms with Crippen LogP contribution in [0.2, 0.25) is 0 Å². The number of nitrogens with one attached hydrogen (secondary N) is 2. The summed E-state index contributed by atoms with van der Waals surface area (Å²) in [6.45, 7) is 1.08. The maximum absolute atomic E-state index is 6.73. The highest BCUT2D eigenvalue weighted by Gasteiger charge is 2.01. The molecule has 1 heterocycles. The molecule has 0 spiro atoms. The lowest BCUT2D eigenvalue weighted by Gasteiger charge is -1.91. The van der Waals surface area contributed by atoms with Crippen LogP contribution in [0.1, 0.15) is 12.8 Å². The molecule has 2 heteroatoms. The molecular formula is C6H10N2. The lowest BCUT2D eigenvalue weighted by atomic mass is 10.3. The van der Waals surface area contributed by atoms with Gasteiger partial charge < -0.3 is 10.7 Å². The van der Waals surface area contributed by atoms with Crippen molar-refractivity contribution in [1.29, 1.82) is 5.41 Å². The first-order valence-corrected chi connectivity index (χ1v) is 2.87. The number of hydrogen-bond donors (Lipinski definition) is 2. The molecule has 0 atom stereocenters. The highest BCUT2D eigenvalue weighted by molar-refractivity contribution is 5.68. The molecule has 0 amide bonds. The van der Waals surface area contributed by atoms with Crippen LogP contribution in [-0.4, -0.2) is 12.8 Å². The Morgan fingerprint density at radius 3 is 3.00 bits per heavy atom. The van der Waals surface area contributed by atoms with Gasteiger partial charge >= 0.3 is 0 Å². The number of allylic oxidation sites excluding steroid dienone is 2. The molecule has 0 saturated carbocycles. The van der Waals surface area contributed by atoms with Crippen molar-refractivity contribution in [2.45, 2.75) is 12.8 Å². The quantitative estimate of drug-likeness (QED) is 0.483. The third kappa shape index (κ3) is 1.09. The topological polar surface area (TPSA) is 35.9 Å². The van der Waals surface area contributed by atoms with Gasteiger partial charge in [-0.2, -0.15) is 0 Å². The molecule has 0 aromatic carbocycles. The first-order valence-electron chi connectivity index (χ1n) is 2.87. The minimum Gasteiger partial charge on any atom is -0.388 e. The summed E-state index contributed by atoms with van der Waals surface area (Å²) in [5, 5.41) is 9.89. The Morgan fingerprint density at radius 1 is 1.62 bits per heavy atom. The predicted molar refractivity (Wildman–Crippen MR) is 34.1 cm³/mol. The Kier molecular flexibility index (Phi) is 1.67. The zero-order chi connectivity index (χ0) is 5.82. The first kappa shape index (κ1) is 5.35. The molecular weight excluding hydrogens is 100 g/mol. The summed E-state index contributed by atoms with van der Waals surface area (Å²) in [5.74, 6) is 0. The maximum atomic E-state index is 6.73. The van der Waals surface area contributed by atoms with Gasteiger partial charge in [-0.1, -0.05) is 0 Å². The van der Waals surface area contributed by atoms with E-state index in [0.29, 0.717) is 0 Å². The van der Waals surface area contributed by atoms with E-state index in [4.69, 9.17) is 5.41 Å². The standard InChI is InChI=1S/C6H10N2/c7-4-3-6-2-1-5-8-6/h3-4,7-8H,1-2,5H2. The Hall–Kier alpha value is -0.790. The van der Waals surface area contributed by atoms with E-state index in [9.17, 15) is 0 Å². The van der Waals surface area contributed by atoms with Gasteiger partial charge in [0.05, 0.1) is 0 Å². The van der Waals surface area contributed by atoms with E-state index in [1.807, 2.05) is 6.08 Å². The van der Waals surface area contributed by atoms with Crippen molar-refractivity contribution in [3.8, 4) is 0 Å². The third-order valence-electron chi connectivity index (χ3n) is 1.26. The molecule has 0 aliphatic carbocycles. The van der Waals surface area contributed by atoms with Gasteiger partial charge in [-0.15, -0.1) is 0 Å². The Morgan fingerprint density at radius 2 is 2.50 bits per heavy atom. The van der Waals surface area contributed by atoms with Crippen LogP contribution in [0.5, 0.6) is 0 Å². The van der Waals surface area contributed by atoms with Gasteiger partial charge in [0, 0.05) is 18.5 Å². The second-order valence-electron chi connectivity index (χ2n) is 1.89. The van der Waals surface area contributed by atoms with Gasteiger partial charge in [0.2, 0.25) is 0 Å². The SMILES string of the molecule is N=CC=C1CCCN1. The average Bonchev–Trinajstić information content (AvgIpc) is 2.19. The van der Waals surface area contributed by atoms with Crippen molar-refractivity contribution in [2.75, 3.05) is 6.54 Å². The molecule has 2 N–H and O–H groups in total. The van der Waals surface area contributed by atoms with Crippen LogP contribution in [-0.2, 0) is 0 Å². The van der Waals surface area contributed by atoms with Crippen LogP contribution in [0.25, 0.3) is 0 Å². The molecule has 2 nitrogen and oxygen atoms in total. The third-order valence-corrected chi connectivity index (χ3v) is 1.26. The largest absolute Gasteiger partial charge is 0.388 e. The zero-order valence-corrected chi connectivity index (χ0v) is 4.78. The molecule has 0 aromatic heterocycles. The Bertz CT molecular complexity index is 108. The molecule has 0 bridgehead atoms. The van der Waals surface area contributed by atoms with Gasteiger partial charge in [-0.05, 0) is 18.9 Å². The summed E-state index contributed by atoms with van der Waals surface area (Å²) in [5.41, 5.74) is 1.21. The second kappa shape index (κ2) is 2.50. The highest BCUT2D eigenvalue weighted by Crippen LogP contribution is 2.06. The summed E-state index contributed by atoms with van der Waals surface area (Å²) in [7, 11) is 0. The van der Waals surface area contributed by atoms with Crippen LogP contribution in [0.15, 0.2) is 11.8 Å². The summed E-state index contributed by atoms with van der Waals surface area (Å²) in [6.07, 6.45) is 5.48. The van der Waals surface area contributed by atoms with E-state index in [0.717, 1.165) is 13.0 Å². The van der Waals surface area contributed by atoms with Crippen molar-refractivity contribution < 1.29 is 0 Å². The molecule has 1 saturated heterocycles. The minimum atomic E-state index is 1.08. The molecule has 1 rings (SSSR count). The molecule has 1 fully saturated rings. The second-order valence-corrected chi connectivity index (χ2v) is 1.89. The van der Waals surface area contributed by atoms with Gasteiger partial charge in [0.15, 0.2) is 0 Å². The van der Waals surface area contributed by atoms with Crippen LogP contribution < -0.4 is 5.32 Å². The van der Waals surface area contributed by atoms with Crippen molar-refractivity contribution in [2.24, 2.45) is 0 Å². The fraction of sp³-hybridized carbons (Fsp3) is 0.500. The Labute approximate surface area is 49.1 Å². The molecule has 1 aliphatic rings. The van der Waals surface area contributed by atoms with Crippen molar-refractivity contribution in [1.82, 2.24) is 5.32 Å².